The molecular formula is C10H19N. The van der Waals surface area contributed by atoms with Crippen molar-refractivity contribution in [3.05, 3.63) is 12.2 Å². The van der Waals surface area contributed by atoms with Crippen molar-refractivity contribution in [1.82, 2.24) is 4.90 Å². The van der Waals surface area contributed by atoms with Gasteiger partial charge in [-0.1, -0.05) is 32.9 Å². The number of nitrogens with zero attached hydrogens (tertiary/aromatic N) is 1. The Balaban J connectivity index is 2.55. The Kier molecular flexibility index (Phi) is 2.10. The summed E-state index contributed by atoms with van der Waals surface area (Å²) >= 11 is 0. The molecule has 0 aromatic rings. The van der Waals surface area contributed by atoms with E-state index in [1.165, 1.54) is 18.5 Å². The molecule has 1 aliphatic rings. The van der Waals surface area contributed by atoms with E-state index in [0.717, 1.165) is 0 Å². The first-order chi connectivity index (χ1) is 4.93. The molecule has 1 aliphatic heterocycles. The van der Waals surface area contributed by atoms with E-state index in [2.05, 4.69) is 39.3 Å². The van der Waals surface area contributed by atoms with Gasteiger partial charge in [0.2, 0.25) is 0 Å². The summed E-state index contributed by atoms with van der Waals surface area (Å²) in [5, 5.41) is 0. The fourth-order valence-electron chi connectivity index (χ4n) is 1.46. The molecule has 0 unspecified atom stereocenters. The van der Waals surface area contributed by atoms with E-state index >= 15 is 0 Å². The van der Waals surface area contributed by atoms with Gasteiger partial charge in [-0.2, -0.15) is 0 Å². The summed E-state index contributed by atoms with van der Waals surface area (Å²) in [4.78, 5) is 2.37. The van der Waals surface area contributed by atoms with Gasteiger partial charge in [0.05, 0.1) is 0 Å². The summed E-state index contributed by atoms with van der Waals surface area (Å²) in [7, 11) is 2.17. The smallest absolute Gasteiger partial charge is 0.0319 e. The van der Waals surface area contributed by atoms with Crippen LogP contribution in [0.3, 0.4) is 0 Å². The average Bonchev–Trinajstić information content (AvgIpc) is 1.83. The van der Waals surface area contributed by atoms with Crippen LogP contribution in [-0.4, -0.2) is 24.5 Å². The van der Waals surface area contributed by atoms with Gasteiger partial charge < -0.3 is 0 Å². The Labute approximate surface area is 70.1 Å². The zero-order valence-corrected chi connectivity index (χ0v) is 8.15. The van der Waals surface area contributed by atoms with Crippen LogP contribution < -0.4 is 0 Å². The van der Waals surface area contributed by atoms with Crippen molar-refractivity contribution in [2.45, 2.75) is 33.2 Å². The highest BCUT2D eigenvalue weighted by Gasteiger charge is 2.31. The van der Waals surface area contributed by atoms with E-state index in [1.807, 2.05) is 0 Å². The Morgan fingerprint density at radius 2 is 2.00 bits per heavy atom. The Hall–Kier alpha value is -0.300. The Bertz CT molecular complexity index is 164. The average molecular weight is 153 g/mol. The summed E-state index contributed by atoms with van der Waals surface area (Å²) in [5.41, 5.74) is 1.66. The number of hydrogen-bond acceptors (Lipinski definition) is 1. The Morgan fingerprint density at radius 3 is 2.09 bits per heavy atom. The van der Waals surface area contributed by atoms with E-state index in [0.29, 0.717) is 6.04 Å². The first-order valence-electron chi connectivity index (χ1n) is 4.32. The highest BCUT2D eigenvalue weighted by atomic mass is 15.2. The van der Waals surface area contributed by atoms with E-state index in [9.17, 15) is 0 Å². The zero-order valence-electron chi connectivity index (χ0n) is 8.15. The van der Waals surface area contributed by atoms with Gasteiger partial charge in [0, 0.05) is 12.6 Å². The minimum atomic E-state index is 0.277. The number of likely N-dealkylation sites (tertiary alicyclic amines) is 1. The third kappa shape index (κ3) is 1.64. The molecule has 0 bridgehead atoms. The summed E-state index contributed by atoms with van der Waals surface area (Å²) in [5.74, 6) is 0. The van der Waals surface area contributed by atoms with E-state index in [1.54, 1.807) is 0 Å². The molecule has 0 aromatic carbocycles. The van der Waals surface area contributed by atoms with Crippen molar-refractivity contribution in [3.63, 3.8) is 0 Å². The van der Waals surface area contributed by atoms with Crippen LogP contribution in [-0.2, 0) is 0 Å². The van der Waals surface area contributed by atoms with Gasteiger partial charge in [0.25, 0.3) is 0 Å². The fraction of sp³-hybridized carbons (Fsp3) is 0.800. The standard InChI is InChI=1S/C10H19N/c1-8(10(2,3)4)9-6-7-11(9)5/h9H,1,6-7H2,2-5H3/t9-/m0/s1. The molecule has 0 N–H and O–H groups in total. The first kappa shape index (κ1) is 8.79. The highest BCUT2D eigenvalue weighted by Crippen LogP contribution is 2.33. The van der Waals surface area contributed by atoms with Gasteiger partial charge in [0.1, 0.15) is 0 Å². The fourth-order valence-corrected chi connectivity index (χ4v) is 1.46. The van der Waals surface area contributed by atoms with Gasteiger partial charge in [-0.15, -0.1) is 0 Å². The lowest BCUT2D eigenvalue weighted by Gasteiger charge is -2.43. The third-order valence-corrected chi connectivity index (χ3v) is 2.65. The molecule has 0 radical (unpaired) electrons. The lowest BCUT2D eigenvalue weighted by molar-refractivity contribution is 0.138. The molecule has 1 heteroatoms. The molecule has 0 saturated carbocycles. The number of likely N-dealkylation sites (N-methyl/N-ethyl adjacent to an activating group) is 1. The van der Waals surface area contributed by atoms with Crippen LogP contribution in [0.2, 0.25) is 0 Å². The van der Waals surface area contributed by atoms with Gasteiger partial charge in [-0.3, -0.25) is 4.90 Å². The maximum Gasteiger partial charge on any atom is 0.0319 e. The van der Waals surface area contributed by atoms with Crippen molar-refractivity contribution in [2.75, 3.05) is 13.6 Å². The van der Waals surface area contributed by atoms with Crippen molar-refractivity contribution in [1.29, 1.82) is 0 Å². The predicted molar refractivity (Wildman–Crippen MR) is 49.6 cm³/mol. The number of rotatable bonds is 1. The van der Waals surface area contributed by atoms with Crippen LogP contribution in [0.4, 0.5) is 0 Å². The molecule has 11 heavy (non-hydrogen) atoms. The van der Waals surface area contributed by atoms with Crippen LogP contribution in [0.5, 0.6) is 0 Å². The SMILES string of the molecule is C=C([C@@H]1CCN1C)C(C)(C)C. The summed E-state index contributed by atoms with van der Waals surface area (Å²) in [6.07, 6.45) is 1.30. The monoisotopic (exact) mass is 153 g/mol. The van der Waals surface area contributed by atoms with E-state index in [-0.39, 0.29) is 5.41 Å². The molecular weight excluding hydrogens is 134 g/mol. The minimum Gasteiger partial charge on any atom is -0.300 e. The summed E-state index contributed by atoms with van der Waals surface area (Å²) < 4.78 is 0. The molecule has 0 spiro atoms. The van der Waals surface area contributed by atoms with Gasteiger partial charge in [0.15, 0.2) is 0 Å². The van der Waals surface area contributed by atoms with Gasteiger partial charge in [-0.25, -0.2) is 0 Å². The van der Waals surface area contributed by atoms with Crippen molar-refractivity contribution in [2.24, 2.45) is 5.41 Å². The molecule has 0 aromatic heterocycles. The molecule has 1 heterocycles. The second-order valence-corrected chi connectivity index (χ2v) is 4.56. The highest BCUT2D eigenvalue weighted by molar-refractivity contribution is 5.16. The second-order valence-electron chi connectivity index (χ2n) is 4.56. The molecule has 64 valence electrons. The Morgan fingerprint density at radius 1 is 1.45 bits per heavy atom. The van der Waals surface area contributed by atoms with Gasteiger partial charge in [-0.05, 0) is 18.9 Å². The lowest BCUT2D eigenvalue weighted by atomic mass is 9.79. The van der Waals surface area contributed by atoms with Crippen molar-refractivity contribution >= 4 is 0 Å². The first-order valence-corrected chi connectivity index (χ1v) is 4.32. The van der Waals surface area contributed by atoms with Crippen LogP contribution in [0, 0.1) is 5.41 Å². The predicted octanol–water partition coefficient (Wildman–Crippen LogP) is 2.29. The molecule has 1 rings (SSSR count). The zero-order chi connectivity index (χ0) is 8.65. The maximum absolute atomic E-state index is 4.16. The molecule has 0 amide bonds. The normalized spacial score (nSPS) is 26.4. The second kappa shape index (κ2) is 2.63. The molecule has 1 saturated heterocycles. The topological polar surface area (TPSA) is 3.24 Å². The van der Waals surface area contributed by atoms with Crippen LogP contribution in [0.25, 0.3) is 0 Å². The molecule has 0 aliphatic carbocycles. The molecule has 1 fully saturated rings. The largest absolute Gasteiger partial charge is 0.300 e. The van der Waals surface area contributed by atoms with E-state index < -0.39 is 0 Å². The lowest BCUT2D eigenvalue weighted by Crippen LogP contribution is -2.47. The van der Waals surface area contributed by atoms with Crippen molar-refractivity contribution < 1.29 is 0 Å². The van der Waals surface area contributed by atoms with Crippen molar-refractivity contribution in [3.8, 4) is 0 Å². The summed E-state index contributed by atoms with van der Waals surface area (Å²) in [6.45, 7) is 12.1. The van der Waals surface area contributed by atoms with Crippen LogP contribution >= 0.6 is 0 Å². The quantitative estimate of drug-likeness (QED) is 0.522. The third-order valence-electron chi connectivity index (χ3n) is 2.65. The molecule has 1 nitrogen and oxygen atoms in total. The summed E-state index contributed by atoms with van der Waals surface area (Å²) in [6, 6.07) is 0.648. The maximum atomic E-state index is 4.16. The number of hydrogen-bond donors (Lipinski definition) is 0. The van der Waals surface area contributed by atoms with Crippen LogP contribution in [0.1, 0.15) is 27.2 Å². The minimum absolute atomic E-state index is 0.277. The van der Waals surface area contributed by atoms with Crippen LogP contribution in [0.15, 0.2) is 12.2 Å². The van der Waals surface area contributed by atoms with E-state index in [4.69, 9.17) is 0 Å². The molecule has 1 atom stereocenters. The van der Waals surface area contributed by atoms with Gasteiger partial charge >= 0.3 is 0 Å².